The largest absolute Gasteiger partial charge is 0.508 e. The number of aromatic hydroxyl groups is 1. The summed E-state index contributed by atoms with van der Waals surface area (Å²) in [6.07, 6.45) is -16.0. The third-order valence-electron chi connectivity index (χ3n) is 7.93. The van der Waals surface area contributed by atoms with E-state index in [9.17, 15) is 60.7 Å². The Bertz CT molecular complexity index is 1330. The van der Waals surface area contributed by atoms with Crippen LogP contribution in [0.3, 0.4) is 0 Å². The summed E-state index contributed by atoms with van der Waals surface area (Å²) >= 11 is 0. The maximum atomic E-state index is 13.9. The molecule has 0 radical (unpaired) electrons. The van der Waals surface area contributed by atoms with Gasteiger partial charge >= 0.3 is 0 Å². The molecule has 2 fully saturated rings. The molecule has 0 aromatic heterocycles. The van der Waals surface area contributed by atoms with E-state index in [0.717, 1.165) is 6.08 Å². The van der Waals surface area contributed by atoms with Gasteiger partial charge in [-0.3, -0.25) is 9.59 Å². The number of carbonyl (C=O) groups is 2. The van der Waals surface area contributed by atoms with Gasteiger partial charge < -0.3 is 65.3 Å². The number of hydrogen-bond acceptors (Lipinski definition) is 15. The fourth-order valence-corrected chi connectivity index (χ4v) is 5.63. The third kappa shape index (κ3) is 4.55. The molecule has 228 valence electrons. The van der Waals surface area contributed by atoms with Crippen molar-refractivity contribution in [3.8, 4) is 5.75 Å². The lowest BCUT2D eigenvalue weighted by atomic mass is 9.73. The van der Waals surface area contributed by atoms with Crippen molar-refractivity contribution in [3.63, 3.8) is 0 Å². The molecule has 5 rings (SSSR count). The molecule has 42 heavy (non-hydrogen) atoms. The number of phenols is 1. The number of carbonyl (C=O) groups excluding carboxylic acids is 2. The average molecular weight is 595 g/mol. The number of benzene rings is 1. The molecule has 3 heterocycles. The lowest BCUT2D eigenvalue weighted by Gasteiger charge is -2.47. The molecule has 0 saturated carbocycles. The van der Waals surface area contributed by atoms with Crippen LogP contribution < -0.4 is 0 Å². The van der Waals surface area contributed by atoms with Crippen LogP contribution in [0.2, 0.25) is 0 Å². The van der Waals surface area contributed by atoms with Crippen molar-refractivity contribution in [2.24, 2.45) is 0 Å². The second-order valence-corrected chi connectivity index (χ2v) is 10.4. The van der Waals surface area contributed by atoms with E-state index in [0.29, 0.717) is 5.56 Å². The van der Waals surface area contributed by atoms with Crippen LogP contribution in [0.5, 0.6) is 5.75 Å². The number of ketones is 2. The summed E-state index contributed by atoms with van der Waals surface area (Å²) in [5.41, 5.74) is -4.38. The van der Waals surface area contributed by atoms with Gasteiger partial charge in [-0.05, 0) is 23.8 Å². The first-order valence-electron chi connectivity index (χ1n) is 12.9. The van der Waals surface area contributed by atoms with E-state index in [4.69, 9.17) is 14.2 Å². The highest BCUT2D eigenvalue weighted by Gasteiger charge is 2.67. The van der Waals surface area contributed by atoms with E-state index in [1.54, 1.807) is 0 Å². The molecule has 1 aromatic rings. The SMILES string of the molecule is O=C(/C=C/c1ccc(O)cc1)C1=C(O)C2=C(O[C@@H]3[C@@H](O)[C@H](O)[C@@H](CO)O[C@@H]23)C(O)([C@@H]2O[C@H](CO)[C@@H](O)[C@H](O)[C@H]2O)C1=O. The van der Waals surface area contributed by atoms with Crippen LogP contribution in [0.1, 0.15) is 5.56 Å². The van der Waals surface area contributed by atoms with Crippen LogP contribution in [0, 0.1) is 0 Å². The molecule has 15 heteroatoms. The molecule has 0 spiro atoms. The number of phenolic OH excluding ortho intramolecular Hbond substituents is 1. The highest BCUT2D eigenvalue weighted by atomic mass is 16.6. The number of Topliss-reactive ketones (excluding diaryl/α,β-unsaturated/α-hetero) is 1. The van der Waals surface area contributed by atoms with Crippen LogP contribution in [-0.4, -0.2) is 142 Å². The molecule has 1 aliphatic carbocycles. The van der Waals surface area contributed by atoms with Gasteiger partial charge in [-0.2, -0.15) is 0 Å². The quantitative estimate of drug-likeness (QED) is 0.111. The lowest BCUT2D eigenvalue weighted by Crippen LogP contribution is -2.68. The Labute approximate surface area is 237 Å². The molecular formula is C27H30O15. The van der Waals surface area contributed by atoms with Crippen molar-refractivity contribution in [2.75, 3.05) is 13.2 Å². The van der Waals surface area contributed by atoms with Gasteiger partial charge in [0.05, 0.1) is 18.8 Å². The molecule has 4 aliphatic rings. The van der Waals surface area contributed by atoms with Crippen LogP contribution in [0.25, 0.3) is 6.08 Å². The first-order chi connectivity index (χ1) is 19.9. The fourth-order valence-electron chi connectivity index (χ4n) is 5.63. The fraction of sp³-hybridized carbons (Fsp3) is 0.481. The van der Waals surface area contributed by atoms with E-state index in [-0.39, 0.29) is 5.75 Å². The highest BCUT2D eigenvalue weighted by Crippen LogP contribution is 2.50. The zero-order valence-electron chi connectivity index (χ0n) is 21.7. The Hall–Kier alpha value is -3.22. The molecule has 2 saturated heterocycles. The summed E-state index contributed by atoms with van der Waals surface area (Å²) in [5, 5.41) is 105. The molecule has 1 aromatic carbocycles. The van der Waals surface area contributed by atoms with Gasteiger partial charge in [-0.25, -0.2) is 0 Å². The zero-order chi connectivity index (χ0) is 30.7. The summed E-state index contributed by atoms with van der Waals surface area (Å²) in [4.78, 5) is 27.3. The number of allylic oxidation sites excluding steroid dienone is 1. The maximum Gasteiger partial charge on any atom is 0.214 e. The first kappa shape index (κ1) is 30.2. The van der Waals surface area contributed by atoms with Crippen LogP contribution >= 0.6 is 0 Å². The topological polar surface area (TPSA) is 264 Å². The summed E-state index contributed by atoms with van der Waals surface area (Å²) in [6.45, 7) is -1.73. The van der Waals surface area contributed by atoms with Gasteiger partial charge in [0.25, 0.3) is 0 Å². The van der Waals surface area contributed by atoms with Crippen LogP contribution in [-0.2, 0) is 23.8 Å². The number of hydrogen-bond donors (Lipinski definition) is 10. The van der Waals surface area contributed by atoms with E-state index < -0.39 is 114 Å². The summed E-state index contributed by atoms with van der Waals surface area (Å²) in [6, 6.07) is 5.53. The second kappa shape index (κ2) is 11.1. The van der Waals surface area contributed by atoms with Gasteiger partial charge in [0, 0.05) is 0 Å². The van der Waals surface area contributed by atoms with Crippen LogP contribution in [0.4, 0.5) is 0 Å². The third-order valence-corrected chi connectivity index (χ3v) is 7.93. The molecule has 0 amide bonds. The smallest absolute Gasteiger partial charge is 0.214 e. The Morgan fingerprint density at radius 2 is 1.45 bits per heavy atom. The van der Waals surface area contributed by atoms with Crippen molar-refractivity contribution in [2.45, 2.75) is 66.6 Å². The standard InChI is InChI=1S/C27H30O15/c28-7-12-17(33)20(36)23-22(40-12)15-18(34)14(11(31)6-3-9-1-4-10(30)5-2-9)24(38)27(39,25(15)42-23)26-21(37)19(35)16(32)13(8-29)41-26/h1-6,12-13,16-17,19-23,26,28-30,32-37,39H,7-8H2/b6-3+/t12-,13-,16-,17-,19+,20+,21-,22+,23-,26-,27?/m1/s1. The number of rotatable bonds is 6. The Morgan fingerprint density at radius 3 is 2.07 bits per heavy atom. The summed E-state index contributed by atoms with van der Waals surface area (Å²) in [7, 11) is 0. The van der Waals surface area contributed by atoms with Gasteiger partial charge in [-0.15, -0.1) is 0 Å². The van der Waals surface area contributed by atoms with E-state index in [2.05, 4.69) is 0 Å². The minimum Gasteiger partial charge on any atom is -0.508 e. The normalized spacial score (nSPS) is 40.2. The number of aliphatic hydroxyl groups is 9. The van der Waals surface area contributed by atoms with Crippen LogP contribution in [0.15, 0.2) is 53.0 Å². The highest BCUT2D eigenvalue weighted by molar-refractivity contribution is 6.29. The molecular weight excluding hydrogens is 564 g/mol. The van der Waals surface area contributed by atoms with Crippen molar-refractivity contribution < 1.29 is 74.9 Å². The number of fused-ring (bicyclic) bond motifs is 2. The molecule has 15 nitrogen and oxygen atoms in total. The first-order valence-corrected chi connectivity index (χ1v) is 12.9. The Morgan fingerprint density at radius 1 is 0.857 bits per heavy atom. The predicted octanol–water partition coefficient (Wildman–Crippen LogP) is -3.92. The van der Waals surface area contributed by atoms with Crippen molar-refractivity contribution in [3.05, 3.63) is 58.6 Å². The molecule has 3 aliphatic heterocycles. The minimum atomic E-state index is -3.22. The van der Waals surface area contributed by atoms with Gasteiger partial charge in [-0.1, -0.05) is 18.2 Å². The number of ether oxygens (including phenoxy) is 3. The Balaban J connectivity index is 1.64. The molecule has 1 unspecified atom stereocenters. The molecule has 10 N–H and O–H groups in total. The summed E-state index contributed by atoms with van der Waals surface area (Å²) in [5.74, 6) is -4.64. The second-order valence-electron chi connectivity index (χ2n) is 10.4. The molecule has 0 bridgehead atoms. The van der Waals surface area contributed by atoms with Gasteiger partial charge in [0.15, 0.2) is 11.9 Å². The summed E-state index contributed by atoms with van der Waals surface area (Å²) < 4.78 is 16.7. The van der Waals surface area contributed by atoms with Crippen molar-refractivity contribution in [1.82, 2.24) is 0 Å². The van der Waals surface area contributed by atoms with E-state index in [1.165, 1.54) is 30.3 Å². The average Bonchev–Trinajstić information content (AvgIpc) is 3.37. The van der Waals surface area contributed by atoms with Gasteiger partial charge in [0.2, 0.25) is 11.4 Å². The van der Waals surface area contributed by atoms with Gasteiger partial charge in [0.1, 0.15) is 77.8 Å². The van der Waals surface area contributed by atoms with E-state index in [1.807, 2.05) is 0 Å². The zero-order valence-corrected chi connectivity index (χ0v) is 21.7. The lowest BCUT2D eigenvalue weighted by molar-refractivity contribution is -0.266. The van der Waals surface area contributed by atoms with Crippen molar-refractivity contribution in [1.29, 1.82) is 0 Å². The predicted molar refractivity (Wildman–Crippen MR) is 135 cm³/mol. The monoisotopic (exact) mass is 594 g/mol. The number of aliphatic hydroxyl groups excluding tert-OH is 8. The minimum absolute atomic E-state index is 0.0536. The Kier molecular flexibility index (Phi) is 8.01. The molecule has 11 atom stereocenters. The maximum absolute atomic E-state index is 13.9. The van der Waals surface area contributed by atoms with Crippen molar-refractivity contribution >= 4 is 17.6 Å². The van der Waals surface area contributed by atoms with E-state index >= 15 is 0 Å².